The van der Waals surface area contributed by atoms with Crippen LogP contribution in [0.3, 0.4) is 0 Å². The molecule has 0 aliphatic heterocycles. The normalized spacial score (nSPS) is 10.4. The Balaban J connectivity index is 0.000000208. The van der Waals surface area contributed by atoms with E-state index in [0.717, 1.165) is 11.5 Å². The molecular formula is C25H32O2. The highest BCUT2D eigenvalue weighted by Crippen LogP contribution is 2.32. The second-order valence-electron chi connectivity index (χ2n) is 7.27. The third-order valence-corrected chi connectivity index (χ3v) is 5.80. The minimum absolute atomic E-state index is 0.971. The van der Waals surface area contributed by atoms with Gasteiger partial charge in [-0.25, -0.2) is 0 Å². The summed E-state index contributed by atoms with van der Waals surface area (Å²) in [6.07, 6.45) is 0. The number of methoxy groups -OCH3 is 2. The average molecular weight is 365 g/mol. The van der Waals surface area contributed by atoms with E-state index in [-0.39, 0.29) is 0 Å². The number of hydrogen-bond donors (Lipinski definition) is 0. The van der Waals surface area contributed by atoms with Gasteiger partial charge in [-0.3, -0.25) is 0 Å². The molecule has 27 heavy (non-hydrogen) atoms. The Bertz CT molecular complexity index is 968. The molecule has 0 bridgehead atoms. The van der Waals surface area contributed by atoms with Crippen LogP contribution in [0.2, 0.25) is 0 Å². The van der Waals surface area contributed by atoms with E-state index in [0.29, 0.717) is 0 Å². The summed E-state index contributed by atoms with van der Waals surface area (Å²) in [5, 5.41) is 2.64. The predicted molar refractivity (Wildman–Crippen MR) is 117 cm³/mol. The number of fused-ring (bicyclic) bond motifs is 1. The Morgan fingerprint density at radius 3 is 1.63 bits per heavy atom. The fourth-order valence-electron chi connectivity index (χ4n) is 3.53. The molecule has 0 atom stereocenters. The summed E-state index contributed by atoms with van der Waals surface area (Å²) in [6, 6.07) is 10.5. The van der Waals surface area contributed by atoms with Gasteiger partial charge in [0, 0.05) is 0 Å². The molecule has 0 fully saturated rings. The third-order valence-electron chi connectivity index (χ3n) is 5.80. The van der Waals surface area contributed by atoms with Crippen molar-refractivity contribution < 1.29 is 9.47 Å². The lowest BCUT2D eigenvalue weighted by atomic mass is 9.93. The summed E-state index contributed by atoms with van der Waals surface area (Å²) in [5.41, 5.74) is 9.23. The lowest BCUT2D eigenvalue weighted by molar-refractivity contribution is 0.411. The van der Waals surface area contributed by atoms with Gasteiger partial charge in [0.1, 0.15) is 11.5 Å². The monoisotopic (exact) mass is 364 g/mol. The van der Waals surface area contributed by atoms with Gasteiger partial charge in [0.2, 0.25) is 0 Å². The van der Waals surface area contributed by atoms with Crippen molar-refractivity contribution in [3.05, 3.63) is 69.3 Å². The van der Waals surface area contributed by atoms with Gasteiger partial charge in [-0.15, -0.1) is 0 Å². The maximum Gasteiger partial charge on any atom is 0.122 e. The van der Waals surface area contributed by atoms with Crippen LogP contribution in [0.5, 0.6) is 11.5 Å². The Morgan fingerprint density at radius 1 is 0.519 bits per heavy atom. The molecule has 0 radical (unpaired) electrons. The first-order chi connectivity index (χ1) is 12.7. The van der Waals surface area contributed by atoms with Gasteiger partial charge in [0.25, 0.3) is 0 Å². The highest BCUT2D eigenvalue weighted by atomic mass is 16.5. The minimum Gasteiger partial charge on any atom is -0.496 e. The van der Waals surface area contributed by atoms with E-state index in [1.165, 1.54) is 49.7 Å². The highest BCUT2D eigenvalue weighted by molar-refractivity contribution is 5.92. The van der Waals surface area contributed by atoms with Crippen molar-refractivity contribution in [2.45, 2.75) is 48.5 Å². The van der Waals surface area contributed by atoms with E-state index in [1.807, 2.05) is 12.1 Å². The van der Waals surface area contributed by atoms with Crippen molar-refractivity contribution in [1.29, 1.82) is 0 Å². The summed E-state index contributed by atoms with van der Waals surface area (Å²) >= 11 is 0. The van der Waals surface area contributed by atoms with Gasteiger partial charge in [0.05, 0.1) is 14.2 Å². The molecule has 144 valence electrons. The zero-order valence-electron chi connectivity index (χ0n) is 18.2. The van der Waals surface area contributed by atoms with Gasteiger partial charge < -0.3 is 9.47 Å². The largest absolute Gasteiger partial charge is 0.496 e. The summed E-state index contributed by atoms with van der Waals surface area (Å²) in [6.45, 7) is 15.0. The minimum atomic E-state index is 0.971. The molecule has 0 aromatic heterocycles. The standard InChI is InChI=1S/C15H18O.C10H14O/c1-9-8-13-6-7-14(16-5)12(4)15(13)11(3)10(9)2;1-7-5-6-10(11-4)9(3)8(7)2/h6-8H,1-5H3;5-6H,1-4H3. The van der Waals surface area contributed by atoms with Crippen LogP contribution in [0.1, 0.15) is 38.9 Å². The van der Waals surface area contributed by atoms with E-state index in [9.17, 15) is 0 Å². The van der Waals surface area contributed by atoms with Crippen LogP contribution < -0.4 is 9.47 Å². The van der Waals surface area contributed by atoms with Crippen LogP contribution in [0.4, 0.5) is 0 Å². The molecule has 2 heteroatoms. The van der Waals surface area contributed by atoms with Crippen molar-refractivity contribution in [1.82, 2.24) is 0 Å². The zero-order valence-corrected chi connectivity index (χ0v) is 18.2. The Labute approximate surface area is 164 Å². The fourth-order valence-corrected chi connectivity index (χ4v) is 3.53. The molecule has 0 saturated heterocycles. The highest BCUT2D eigenvalue weighted by Gasteiger charge is 2.09. The summed E-state index contributed by atoms with van der Waals surface area (Å²) in [7, 11) is 3.43. The molecule has 0 aliphatic carbocycles. The van der Waals surface area contributed by atoms with Gasteiger partial charge in [0.15, 0.2) is 0 Å². The van der Waals surface area contributed by atoms with Crippen LogP contribution in [-0.2, 0) is 0 Å². The first-order valence-corrected chi connectivity index (χ1v) is 9.37. The van der Waals surface area contributed by atoms with Crippen LogP contribution in [0.15, 0.2) is 30.3 Å². The van der Waals surface area contributed by atoms with E-state index >= 15 is 0 Å². The fraction of sp³-hybridized carbons (Fsp3) is 0.360. The smallest absolute Gasteiger partial charge is 0.122 e. The molecule has 0 aliphatic rings. The molecule has 2 nitrogen and oxygen atoms in total. The van der Waals surface area contributed by atoms with Crippen LogP contribution in [-0.4, -0.2) is 14.2 Å². The van der Waals surface area contributed by atoms with E-state index < -0.39 is 0 Å². The lowest BCUT2D eigenvalue weighted by Crippen LogP contribution is -1.94. The van der Waals surface area contributed by atoms with Crippen LogP contribution in [0.25, 0.3) is 10.8 Å². The Kier molecular flexibility index (Phi) is 6.54. The second kappa shape index (κ2) is 8.47. The Hall–Kier alpha value is -2.48. The molecule has 0 saturated carbocycles. The van der Waals surface area contributed by atoms with Gasteiger partial charge in [-0.1, -0.05) is 18.2 Å². The van der Waals surface area contributed by atoms with Crippen molar-refractivity contribution in [2.24, 2.45) is 0 Å². The molecule has 0 N–H and O–H groups in total. The van der Waals surface area contributed by atoms with E-state index in [4.69, 9.17) is 9.47 Å². The van der Waals surface area contributed by atoms with E-state index in [1.54, 1.807) is 14.2 Å². The number of rotatable bonds is 2. The quantitative estimate of drug-likeness (QED) is 0.503. The molecule has 0 heterocycles. The maximum atomic E-state index is 5.38. The SMILES string of the molecule is COc1ccc(C)c(C)c1C.COc1ccc2cc(C)c(C)c(C)c2c1C. The average Bonchev–Trinajstić information content (AvgIpc) is 2.65. The van der Waals surface area contributed by atoms with Gasteiger partial charge in [-0.2, -0.15) is 0 Å². The Morgan fingerprint density at radius 2 is 1.04 bits per heavy atom. The molecule has 0 unspecified atom stereocenters. The number of benzene rings is 3. The van der Waals surface area contributed by atoms with Gasteiger partial charge in [-0.05, 0) is 110 Å². The van der Waals surface area contributed by atoms with Crippen LogP contribution in [0, 0.1) is 48.5 Å². The number of hydrogen-bond acceptors (Lipinski definition) is 2. The molecule has 0 spiro atoms. The van der Waals surface area contributed by atoms with Crippen LogP contribution >= 0.6 is 0 Å². The first kappa shape index (κ1) is 20.8. The predicted octanol–water partition coefficient (Wildman–Crippen LogP) is 6.70. The number of aryl methyl sites for hydroxylation is 4. The maximum absolute atomic E-state index is 5.38. The zero-order chi connectivity index (χ0) is 20.3. The lowest BCUT2D eigenvalue weighted by Gasteiger charge is -2.14. The molecule has 3 rings (SSSR count). The van der Waals surface area contributed by atoms with E-state index in [2.05, 4.69) is 66.7 Å². The molecule has 0 amide bonds. The van der Waals surface area contributed by atoms with Crippen molar-refractivity contribution in [3.63, 3.8) is 0 Å². The third kappa shape index (κ3) is 4.10. The van der Waals surface area contributed by atoms with Crippen molar-refractivity contribution in [3.8, 4) is 11.5 Å². The topological polar surface area (TPSA) is 18.5 Å². The number of ether oxygens (including phenoxy) is 2. The summed E-state index contributed by atoms with van der Waals surface area (Å²) < 4.78 is 10.6. The summed E-state index contributed by atoms with van der Waals surface area (Å²) in [5.74, 6) is 1.95. The van der Waals surface area contributed by atoms with Gasteiger partial charge >= 0.3 is 0 Å². The first-order valence-electron chi connectivity index (χ1n) is 9.37. The molecule has 3 aromatic rings. The van der Waals surface area contributed by atoms with Crippen molar-refractivity contribution in [2.75, 3.05) is 14.2 Å². The molecular weight excluding hydrogens is 332 g/mol. The van der Waals surface area contributed by atoms with Crippen molar-refractivity contribution >= 4 is 10.8 Å². The summed E-state index contributed by atoms with van der Waals surface area (Å²) in [4.78, 5) is 0. The second-order valence-corrected chi connectivity index (χ2v) is 7.27. The molecule has 3 aromatic carbocycles.